The van der Waals surface area contributed by atoms with E-state index in [1.54, 1.807) is 12.1 Å². The SMILES string of the molecule is O=C1CCC(N2C(=O)c3cccc(NCc4ccc(CN5CCC(C6CCOCC6)CC5)cc4)c3C2O)C(=O)N1. The van der Waals surface area contributed by atoms with Gasteiger partial charge in [-0.05, 0) is 80.3 Å². The molecule has 6 rings (SSSR count). The summed E-state index contributed by atoms with van der Waals surface area (Å²) in [6, 6.07) is 13.0. The van der Waals surface area contributed by atoms with Crippen LogP contribution in [0.2, 0.25) is 0 Å². The highest BCUT2D eigenvalue weighted by atomic mass is 16.5. The van der Waals surface area contributed by atoms with Crippen molar-refractivity contribution in [3.63, 3.8) is 0 Å². The van der Waals surface area contributed by atoms with E-state index in [9.17, 15) is 19.5 Å². The van der Waals surface area contributed by atoms with Gasteiger partial charge in [-0.25, -0.2) is 0 Å². The van der Waals surface area contributed by atoms with Crippen molar-refractivity contribution >= 4 is 23.4 Å². The van der Waals surface area contributed by atoms with Gasteiger partial charge in [-0.15, -0.1) is 0 Å². The molecule has 2 atom stereocenters. The van der Waals surface area contributed by atoms with Crippen LogP contribution in [0.25, 0.3) is 0 Å². The zero-order chi connectivity index (χ0) is 27.6. The standard InChI is InChI=1S/C31H38N4O5/c36-27-9-8-26(29(37)33-27)35-30(38)24-2-1-3-25(28(24)31(35)39)32-18-20-4-6-21(7-5-20)19-34-14-10-22(11-15-34)23-12-16-40-17-13-23/h1-7,22-23,26,31-32,39H,8-19H2,(H,33,36,37). The van der Waals surface area contributed by atoms with Crippen LogP contribution in [0.4, 0.5) is 5.69 Å². The lowest BCUT2D eigenvalue weighted by molar-refractivity contribution is -0.139. The van der Waals surface area contributed by atoms with Crippen molar-refractivity contribution in [3.05, 3.63) is 64.7 Å². The smallest absolute Gasteiger partial charge is 0.257 e. The second-order valence-electron chi connectivity index (χ2n) is 11.6. The van der Waals surface area contributed by atoms with Gasteiger partial charge >= 0.3 is 0 Å². The van der Waals surface area contributed by atoms with E-state index in [1.165, 1.54) is 36.1 Å². The van der Waals surface area contributed by atoms with Crippen LogP contribution >= 0.6 is 0 Å². The fourth-order valence-electron chi connectivity index (χ4n) is 6.82. The maximum absolute atomic E-state index is 13.1. The molecule has 3 saturated heterocycles. The van der Waals surface area contributed by atoms with Crippen molar-refractivity contribution in [2.75, 3.05) is 31.6 Å². The van der Waals surface area contributed by atoms with Crippen LogP contribution in [0.1, 0.15) is 71.8 Å². The van der Waals surface area contributed by atoms with E-state index in [1.807, 2.05) is 6.07 Å². The summed E-state index contributed by atoms with van der Waals surface area (Å²) in [7, 11) is 0. The first-order chi connectivity index (χ1) is 19.5. The molecular formula is C31H38N4O5. The first-order valence-corrected chi connectivity index (χ1v) is 14.6. The van der Waals surface area contributed by atoms with Crippen LogP contribution in [-0.4, -0.2) is 65.0 Å². The van der Waals surface area contributed by atoms with Crippen LogP contribution in [0, 0.1) is 11.8 Å². The van der Waals surface area contributed by atoms with Gasteiger partial charge in [-0.1, -0.05) is 30.3 Å². The number of nitrogens with zero attached hydrogens (tertiary/aromatic N) is 2. The van der Waals surface area contributed by atoms with E-state index in [0.717, 1.165) is 50.2 Å². The third-order valence-electron chi connectivity index (χ3n) is 9.12. The molecule has 3 N–H and O–H groups in total. The summed E-state index contributed by atoms with van der Waals surface area (Å²) in [5.41, 5.74) is 3.90. The number of ether oxygens (including phenoxy) is 1. The highest BCUT2D eigenvalue weighted by molar-refractivity contribution is 6.06. The van der Waals surface area contributed by atoms with Gasteiger partial charge in [0.15, 0.2) is 6.23 Å². The summed E-state index contributed by atoms with van der Waals surface area (Å²) in [4.78, 5) is 40.8. The Hall–Kier alpha value is -3.27. The van der Waals surface area contributed by atoms with Gasteiger partial charge in [0.05, 0.1) is 0 Å². The Bertz CT molecular complexity index is 1250. The average molecular weight is 547 g/mol. The Morgan fingerprint density at radius 3 is 2.33 bits per heavy atom. The predicted octanol–water partition coefficient (Wildman–Crippen LogP) is 3.19. The van der Waals surface area contributed by atoms with Gasteiger partial charge in [0.1, 0.15) is 6.04 Å². The number of carbonyl (C=O) groups excluding carboxylic acids is 3. The maximum atomic E-state index is 13.1. The molecule has 3 fully saturated rings. The molecule has 0 spiro atoms. The molecule has 4 heterocycles. The largest absolute Gasteiger partial charge is 0.381 e. The molecule has 0 aliphatic carbocycles. The molecule has 4 aliphatic rings. The zero-order valence-corrected chi connectivity index (χ0v) is 22.8. The van der Waals surface area contributed by atoms with E-state index in [0.29, 0.717) is 23.4 Å². The average Bonchev–Trinajstić information content (AvgIpc) is 3.23. The zero-order valence-electron chi connectivity index (χ0n) is 22.8. The summed E-state index contributed by atoms with van der Waals surface area (Å²) in [6.45, 7) is 5.66. The number of piperidine rings is 2. The Balaban J connectivity index is 1.04. The predicted molar refractivity (Wildman–Crippen MR) is 149 cm³/mol. The molecule has 212 valence electrons. The van der Waals surface area contributed by atoms with Crippen molar-refractivity contribution in [1.82, 2.24) is 15.1 Å². The number of nitrogens with one attached hydrogen (secondary N) is 2. The van der Waals surface area contributed by atoms with Gasteiger partial charge in [-0.2, -0.15) is 0 Å². The van der Waals surface area contributed by atoms with Gasteiger partial charge in [0, 0.05) is 49.5 Å². The first-order valence-electron chi connectivity index (χ1n) is 14.6. The number of carbonyl (C=O) groups is 3. The minimum Gasteiger partial charge on any atom is -0.381 e. The fraction of sp³-hybridized carbons (Fsp3) is 0.516. The molecular weight excluding hydrogens is 508 g/mol. The summed E-state index contributed by atoms with van der Waals surface area (Å²) in [5, 5.41) is 16.8. The first kappa shape index (κ1) is 26.9. The normalized spacial score (nSPS) is 24.7. The monoisotopic (exact) mass is 546 g/mol. The molecule has 3 amide bonds. The van der Waals surface area contributed by atoms with Crippen molar-refractivity contribution in [2.24, 2.45) is 11.8 Å². The van der Waals surface area contributed by atoms with Crippen LogP contribution in [-0.2, 0) is 27.4 Å². The molecule has 40 heavy (non-hydrogen) atoms. The van der Waals surface area contributed by atoms with E-state index < -0.39 is 24.1 Å². The lowest BCUT2D eigenvalue weighted by atomic mass is 9.80. The number of benzene rings is 2. The Labute approximate surface area is 234 Å². The number of likely N-dealkylation sites (tertiary alicyclic amines) is 1. The van der Waals surface area contributed by atoms with Crippen molar-refractivity contribution in [1.29, 1.82) is 0 Å². The quantitative estimate of drug-likeness (QED) is 0.458. The molecule has 2 aromatic rings. The summed E-state index contributed by atoms with van der Waals surface area (Å²) >= 11 is 0. The second-order valence-corrected chi connectivity index (χ2v) is 11.6. The number of anilines is 1. The second kappa shape index (κ2) is 11.7. The Morgan fingerprint density at radius 2 is 1.60 bits per heavy atom. The Kier molecular flexibility index (Phi) is 7.87. The van der Waals surface area contributed by atoms with Crippen LogP contribution < -0.4 is 10.6 Å². The number of hydrogen-bond acceptors (Lipinski definition) is 7. The van der Waals surface area contributed by atoms with Crippen LogP contribution in [0.5, 0.6) is 0 Å². The number of fused-ring (bicyclic) bond motifs is 1. The van der Waals surface area contributed by atoms with Crippen LogP contribution in [0.15, 0.2) is 42.5 Å². The molecule has 9 heteroatoms. The van der Waals surface area contributed by atoms with Crippen molar-refractivity contribution < 1.29 is 24.2 Å². The van der Waals surface area contributed by atoms with Crippen molar-refractivity contribution in [2.45, 2.75) is 63.9 Å². The highest BCUT2D eigenvalue weighted by Crippen LogP contribution is 2.39. The number of imide groups is 1. The molecule has 0 saturated carbocycles. The van der Waals surface area contributed by atoms with E-state index in [2.05, 4.69) is 39.8 Å². The highest BCUT2D eigenvalue weighted by Gasteiger charge is 2.45. The molecule has 0 bridgehead atoms. The van der Waals surface area contributed by atoms with E-state index >= 15 is 0 Å². The number of hydrogen-bond donors (Lipinski definition) is 3. The molecule has 2 aromatic carbocycles. The van der Waals surface area contributed by atoms with E-state index in [-0.39, 0.29) is 18.7 Å². The van der Waals surface area contributed by atoms with E-state index in [4.69, 9.17) is 4.74 Å². The molecule has 9 nitrogen and oxygen atoms in total. The topological polar surface area (TPSA) is 111 Å². The molecule has 4 aliphatic heterocycles. The third kappa shape index (κ3) is 5.50. The number of aliphatic hydroxyl groups is 1. The fourth-order valence-corrected chi connectivity index (χ4v) is 6.82. The molecule has 0 aromatic heterocycles. The van der Waals surface area contributed by atoms with Crippen LogP contribution in [0.3, 0.4) is 0 Å². The maximum Gasteiger partial charge on any atom is 0.257 e. The lowest BCUT2D eigenvalue weighted by Gasteiger charge is -2.37. The summed E-state index contributed by atoms with van der Waals surface area (Å²) in [5.74, 6) is 0.381. The number of rotatable bonds is 7. The summed E-state index contributed by atoms with van der Waals surface area (Å²) < 4.78 is 5.54. The van der Waals surface area contributed by atoms with Gasteiger partial charge < -0.3 is 15.2 Å². The number of aliphatic hydroxyl groups excluding tert-OH is 1. The van der Waals surface area contributed by atoms with Gasteiger partial charge in [0.25, 0.3) is 5.91 Å². The third-order valence-corrected chi connectivity index (χ3v) is 9.12. The summed E-state index contributed by atoms with van der Waals surface area (Å²) in [6.07, 6.45) is 4.09. The van der Waals surface area contributed by atoms with Gasteiger partial charge in [0.2, 0.25) is 11.8 Å². The Morgan fingerprint density at radius 1 is 0.900 bits per heavy atom. The molecule has 0 radical (unpaired) electrons. The van der Waals surface area contributed by atoms with Crippen molar-refractivity contribution in [3.8, 4) is 0 Å². The molecule has 2 unspecified atom stereocenters. The lowest BCUT2D eigenvalue weighted by Crippen LogP contribution is -2.53. The number of amides is 3. The van der Waals surface area contributed by atoms with Gasteiger partial charge in [-0.3, -0.25) is 29.5 Å². The minimum absolute atomic E-state index is 0.138. The minimum atomic E-state index is -1.26.